The van der Waals surface area contributed by atoms with Gasteiger partial charge in [0.1, 0.15) is 11.3 Å². The summed E-state index contributed by atoms with van der Waals surface area (Å²) in [4.78, 5) is 11.1. The Labute approximate surface area is 111 Å². The first-order chi connectivity index (χ1) is 9.06. The molecule has 0 fully saturated rings. The van der Waals surface area contributed by atoms with Crippen LogP contribution in [-0.2, 0) is 13.5 Å². The van der Waals surface area contributed by atoms with E-state index in [2.05, 4.69) is 5.10 Å². The lowest BCUT2D eigenvalue weighted by atomic mass is 10.1. The van der Waals surface area contributed by atoms with E-state index < -0.39 is 5.97 Å². The molecule has 19 heavy (non-hydrogen) atoms. The number of benzene rings is 1. The molecule has 100 valence electrons. The van der Waals surface area contributed by atoms with Crippen molar-refractivity contribution in [3.05, 3.63) is 47.3 Å². The van der Waals surface area contributed by atoms with Crippen LogP contribution in [0.2, 0.25) is 0 Å². The van der Waals surface area contributed by atoms with Gasteiger partial charge in [0.05, 0.1) is 12.8 Å². The zero-order valence-corrected chi connectivity index (χ0v) is 11.0. The molecule has 0 aliphatic carbocycles. The normalized spacial score (nSPS) is 10.4. The number of aryl methyl sites for hydroxylation is 2. The van der Waals surface area contributed by atoms with Crippen LogP contribution in [0.5, 0.6) is 5.75 Å². The van der Waals surface area contributed by atoms with Gasteiger partial charge in [0.25, 0.3) is 0 Å². The third-order valence-electron chi connectivity index (χ3n) is 2.77. The highest BCUT2D eigenvalue weighted by atomic mass is 16.5. The van der Waals surface area contributed by atoms with Gasteiger partial charge in [-0.1, -0.05) is 6.07 Å². The maximum absolute atomic E-state index is 11.1. The quantitative estimate of drug-likeness (QED) is 0.893. The van der Waals surface area contributed by atoms with Gasteiger partial charge in [-0.05, 0) is 30.2 Å². The second-order valence-electron chi connectivity index (χ2n) is 4.43. The Morgan fingerprint density at radius 1 is 1.47 bits per heavy atom. The van der Waals surface area contributed by atoms with Crippen LogP contribution in [0.3, 0.4) is 0 Å². The highest BCUT2D eigenvalue weighted by Gasteiger charge is 2.11. The van der Waals surface area contributed by atoms with Crippen molar-refractivity contribution in [1.82, 2.24) is 9.78 Å². The summed E-state index contributed by atoms with van der Waals surface area (Å²) in [7, 11) is 1.85. The van der Waals surface area contributed by atoms with Crippen LogP contribution in [0.4, 0.5) is 0 Å². The molecule has 1 N–H and O–H groups in total. The van der Waals surface area contributed by atoms with Gasteiger partial charge >= 0.3 is 5.97 Å². The van der Waals surface area contributed by atoms with Crippen LogP contribution in [0.15, 0.2) is 30.6 Å². The number of rotatable bonds is 5. The van der Waals surface area contributed by atoms with Crippen LogP contribution in [0, 0.1) is 6.92 Å². The van der Waals surface area contributed by atoms with E-state index in [1.807, 2.05) is 20.2 Å². The van der Waals surface area contributed by atoms with E-state index in [9.17, 15) is 4.79 Å². The SMILES string of the molecule is Cc1ccc(C(=O)O)c(OCCc2cnn(C)c2)c1. The van der Waals surface area contributed by atoms with Crippen LogP contribution < -0.4 is 4.74 Å². The molecule has 0 saturated heterocycles. The topological polar surface area (TPSA) is 64.3 Å². The molecule has 0 atom stereocenters. The largest absolute Gasteiger partial charge is 0.492 e. The fraction of sp³-hybridized carbons (Fsp3) is 0.286. The van der Waals surface area contributed by atoms with Crippen LogP contribution in [-0.4, -0.2) is 27.5 Å². The smallest absolute Gasteiger partial charge is 0.339 e. The highest BCUT2D eigenvalue weighted by molar-refractivity contribution is 5.90. The van der Waals surface area contributed by atoms with Crippen LogP contribution in [0.25, 0.3) is 0 Å². The molecule has 0 aliphatic rings. The molecule has 0 radical (unpaired) electrons. The molecule has 2 aromatic rings. The van der Waals surface area contributed by atoms with Crippen molar-refractivity contribution in [2.24, 2.45) is 7.05 Å². The number of aromatic nitrogens is 2. The molecule has 1 aromatic heterocycles. The van der Waals surface area contributed by atoms with Crippen molar-refractivity contribution in [3.8, 4) is 5.75 Å². The molecular formula is C14H16N2O3. The van der Waals surface area contributed by atoms with Crippen molar-refractivity contribution in [3.63, 3.8) is 0 Å². The lowest BCUT2D eigenvalue weighted by Crippen LogP contribution is -2.06. The third-order valence-corrected chi connectivity index (χ3v) is 2.77. The number of carbonyl (C=O) groups is 1. The summed E-state index contributed by atoms with van der Waals surface area (Å²) < 4.78 is 7.30. The van der Waals surface area contributed by atoms with Crippen molar-refractivity contribution in [2.75, 3.05) is 6.61 Å². The molecule has 1 aromatic carbocycles. The lowest BCUT2D eigenvalue weighted by Gasteiger charge is -2.09. The fourth-order valence-electron chi connectivity index (χ4n) is 1.81. The van der Waals surface area contributed by atoms with E-state index in [1.165, 1.54) is 0 Å². The van der Waals surface area contributed by atoms with E-state index >= 15 is 0 Å². The minimum atomic E-state index is -0.976. The maximum Gasteiger partial charge on any atom is 0.339 e. The van der Waals surface area contributed by atoms with Crippen LogP contribution >= 0.6 is 0 Å². The average Bonchev–Trinajstić information content (AvgIpc) is 2.75. The summed E-state index contributed by atoms with van der Waals surface area (Å²) in [6.07, 6.45) is 4.39. The Balaban J connectivity index is 2.02. The zero-order valence-electron chi connectivity index (χ0n) is 11.0. The minimum Gasteiger partial charge on any atom is -0.492 e. The Morgan fingerprint density at radius 2 is 2.26 bits per heavy atom. The number of nitrogens with zero attached hydrogens (tertiary/aromatic N) is 2. The summed E-state index contributed by atoms with van der Waals surface area (Å²) >= 11 is 0. The Kier molecular flexibility index (Phi) is 3.85. The summed E-state index contributed by atoms with van der Waals surface area (Å²) in [6.45, 7) is 2.33. The predicted molar refractivity (Wildman–Crippen MR) is 70.5 cm³/mol. The molecule has 0 saturated carbocycles. The molecule has 0 amide bonds. The van der Waals surface area contributed by atoms with E-state index in [0.717, 1.165) is 11.1 Å². The van der Waals surface area contributed by atoms with Gasteiger partial charge in [-0.2, -0.15) is 5.10 Å². The molecule has 5 nitrogen and oxygen atoms in total. The molecule has 1 heterocycles. The predicted octanol–water partition coefficient (Wildman–Crippen LogP) is 2.05. The Hall–Kier alpha value is -2.30. The number of carboxylic acid groups (broad SMARTS) is 1. The van der Waals surface area contributed by atoms with Gasteiger partial charge in [0.2, 0.25) is 0 Å². The lowest BCUT2D eigenvalue weighted by molar-refractivity contribution is 0.0692. The average molecular weight is 260 g/mol. The fourth-order valence-corrected chi connectivity index (χ4v) is 1.81. The standard InChI is InChI=1S/C14H16N2O3/c1-10-3-4-12(14(17)18)13(7-10)19-6-5-11-8-15-16(2)9-11/h3-4,7-9H,5-6H2,1-2H3,(H,17,18). The molecule has 5 heteroatoms. The number of ether oxygens (including phenoxy) is 1. The zero-order chi connectivity index (χ0) is 13.8. The number of aromatic carboxylic acids is 1. The second-order valence-corrected chi connectivity index (χ2v) is 4.43. The number of hydrogen-bond acceptors (Lipinski definition) is 3. The first kappa shape index (κ1) is 13.1. The van der Waals surface area contributed by atoms with Gasteiger partial charge < -0.3 is 9.84 Å². The van der Waals surface area contributed by atoms with Crippen molar-refractivity contribution < 1.29 is 14.6 Å². The van der Waals surface area contributed by atoms with Gasteiger partial charge in [-0.15, -0.1) is 0 Å². The summed E-state index contributed by atoms with van der Waals surface area (Å²) in [5, 5.41) is 13.2. The van der Waals surface area contributed by atoms with Gasteiger partial charge in [0, 0.05) is 19.7 Å². The van der Waals surface area contributed by atoms with Crippen LogP contribution in [0.1, 0.15) is 21.5 Å². The van der Waals surface area contributed by atoms with Gasteiger partial charge in [-0.25, -0.2) is 4.79 Å². The summed E-state index contributed by atoms with van der Waals surface area (Å²) in [5.74, 6) is -0.562. The first-order valence-electron chi connectivity index (χ1n) is 6.00. The van der Waals surface area contributed by atoms with Gasteiger partial charge in [0.15, 0.2) is 0 Å². The number of hydrogen-bond donors (Lipinski definition) is 1. The molecule has 0 spiro atoms. The molecule has 0 unspecified atom stereocenters. The summed E-state index contributed by atoms with van der Waals surface area (Å²) in [6, 6.07) is 5.07. The Morgan fingerprint density at radius 3 is 2.89 bits per heavy atom. The van der Waals surface area contributed by atoms with E-state index in [0.29, 0.717) is 18.8 Å². The maximum atomic E-state index is 11.1. The second kappa shape index (κ2) is 5.56. The van der Waals surface area contributed by atoms with Crippen molar-refractivity contribution in [2.45, 2.75) is 13.3 Å². The molecule has 0 bridgehead atoms. The highest BCUT2D eigenvalue weighted by Crippen LogP contribution is 2.20. The Bertz CT molecular complexity index is 590. The van der Waals surface area contributed by atoms with E-state index in [4.69, 9.17) is 9.84 Å². The van der Waals surface area contributed by atoms with Crippen molar-refractivity contribution in [1.29, 1.82) is 0 Å². The third kappa shape index (κ3) is 3.34. The first-order valence-corrected chi connectivity index (χ1v) is 6.00. The minimum absolute atomic E-state index is 0.191. The molecule has 0 aliphatic heterocycles. The van der Waals surface area contributed by atoms with Gasteiger partial charge in [-0.3, -0.25) is 4.68 Å². The van der Waals surface area contributed by atoms with E-state index in [-0.39, 0.29) is 5.56 Å². The summed E-state index contributed by atoms with van der Waals surface area (Å²) in [5.41, 5.74) is 2.23. The monoisotopic (exact) mass is 260 g/mol. The number of carboxylic acids is 1. The van der Waals surface area contributed by atoms with Crippen molar-refractivity contribution >= 4 is 5.97 Å². The molecular weight excluding hydrogens is 244 g/mol. The van der Waals surface area contributed by atoms with E-state index in [1.54, 1.807) is 29.1 Å². The molecule has 2 rings (SSSR count).